The highest BCUT2D eigenvalue weighted by molar-refractivity contribution is 8.32. The van der Waals surface area contributed by atoms with Gasteiger partial charge in [-0.3, -0.25) is 75.6 Å². The van der Waals surface area contributed by atoms with Gasteiger partial charge >= 0.3 is 11.4 Å². The van der Waals surface area contributed by atoms with E-state index in [1.54, 1.807) is 6.92 Å². The minimum atomic E-state index is -5.02. The number of anilines is 6. The van der Waals surface area contributed by atoms with E-state index in [9.17, 15) is 57.8 Å². The highest BCUT2D eigenvalue weighted by Gasteiger charge is 2.50. The van der Waals surface area contributed by atoms with Crippen molar-refractivity contribution in [2.45, 2.75) is 195 Å². The molecule has 0 aliphatic carbocycles. The largest absolute Gasteiger partial charge is 0.780 e. The smallest absolute Gasteiger partial charge is 0.351 e. The Morgan fingerprint density at radius 3 is 1.01 bits per heavy atom. The number of nitrogen functional groups attached to an aromatic ring is 6. The van der Waals surface area contributed by atoms with Crippen LogP contribution in [0.25, 0.3) is 55.8 Å². The van der Waals surface area contributed by atoms with Crippen molar-refractivity contribution < 1.29 is 131 Å². The molecule has 7 fully saturated rings. The van der Waals surface area contributed by atoms with Gasteiger partial charge < -0.3 is 173 Å². The number of nitrogens with zero attached hydrogens (tertiary/aromatic N) is 20. The molecule has 17 N–H and O–H groups in total. The van der Waals surface area contributed by atoms with E-state index < -0.39 is 262 Å². The van der Waals surface area contributed by atoms with Crippen LogP contribution in [0.15, 0.2) is 85.5 Å². The predicted molar refractivity (Wildman–Crippen MR) is 519 cm³/mol. The molecule has 0 spiro atoms. The number of aromatic amines is 4. The van der Waals surface area contributed by atoms with Gasteiger partial charge in [-0.25, -0.2) is 54.4 Å². The average Bonchev–Trinajstić information content (AvgIpc) is 1.64. The van der Waals surface area contributed by atoms with Gasteiger partial charge in [0.2, 0.25) is 17.8 Å². The van der Waals surface area contributed by atoms with E-state index >= 15 is 9.79 Å². The lowest BCUT2D eigenvalue weighted by Gasteiger charge is -2.36. The van der Waals surface area contributed by atoms with Crippen molar-refractivity contribution in [3.63, 3.8) is 0 Å². The summed E-state index contributed by atoms with van der Waals surface area (Å²) in [5, 5.41) is 0. The molecule has 28 atom stereocenters. The number of nitrogens with two attached hydrogens (primary N) is 6. The Balaban J connectivity index is 0.545. The summed E-state index contributed by atoms with van der Waals surface area (Å²) >= 11 is 37.8. The molecule has 0 amide bonds. The lowest BCUT2D eigenvalue weighted by Crippen LogP contribution is -2.34. The molecule has 0 aromatic carbocycles. The zero-order valence-corrected chi connectivity index (χ0v) is 87.8. The maximum atomic E-state index is 15.1. The van der Waals surface area contributed by atoms with Gasteiger partial charge in [-0.2, -0.15) is 19.9 Å². The van der Waals surface area contributed by atoms with Gasteiger partial charge in [0, 0.05) is 68.5 Å². The van der Waals surface area contributed by atoms with Gasteiger partial charge in [0.15, 0.2) is 63.2 Å². The Bertz CT molecular complexity index is 7900. The topological polar surface area (TPSA) is 884 Å². The van der Waals surface area contributed by atoms with Gasteiger partial charge in [-0.05, 0) is 20.8 Å². The van der Waals surface area contributed by atoms with Crippen molar-refractivity contribution in [1.82, 2.24) is 117 Å². The zero-order chi connectivity index (χ0) is 105. The average molecular weight is 2330 g/mol. The van der Waals surface area contributed by atoms with Crippen molar-refractivity contribution in [2.75, 3.05) is 74.0 Å². The van der Waals surface area contributed by atoms with Crippen LogP contribution in [0.4, 0.5) is 35.3 Å². The highest BCUT2D eigenvalue weighted by Crippen LogP contribution is 2.57. The number of H-pyrrole nitrogens is 4. The molecule has 148 heavy (non-hydrogen) atoms. The summed E-state index contributed by atoms with van der Waals surface area (Å²) in [6.45, 7) is -34.6. The van der Waals surface area contributed by atoms with Crippen LogP contribution >= 0.6 is 47.1 Å². The summed E-state index contributed by atoms with van der Waals surface area (Å²) in [4.78, 5) is 237. The molecule has 7 aliphatic rings. The predicted octanol–water partition coefficient (Wildman–Crippen LogP) is -4.03. The molecule has 0 radical (unpaired) electrons. The standard InChI is InChI=1S/C70H89N30O34P7S7/c1-26-11-94(69(105)86-54(26)71)43-6-31(130-137(110,144)116-13-36-30(128-135(107,108)142)5-46(123-36)98-23-83-51-59(98)87-66(74)90-63(51)102)37(122-43)14-117-138(111,145)134-35-10-48(100-25-85-53-61(100)89-68(76)92-65(53)104)127-41(35)18-120-140(113,147)132-33-8-45(97-22-82-50-56(73)78-20-80-58(50)97)124-38(33)16-118-139(112,146)131-32-7-44(96-21-81-49-55(72)77-19-79-57(49)96)125-39(32)17-119-141(114,148)133-34-9-47(99-24-84-52-60(99)88-67(75)91-64(52)103)126-40(34)15-115-136(109,143)129-29-4-42(121-28(29)3)95-12-27(2)62(101)93-70(95)106/h11-12,19-25,28-48H,4-10,13-18H2,1-3H3,(H,109,143)(H,110,144)(H,111,145)(H,112,146)(H,113,147)(H,114,148)(H2,71,86,105)(H2,72,77,79)(H2,73,78,80)(H,93,101,106)(H2,107,108,142)(H3,74,87,90,102)(H3,75,88,91,103)(H3,76,89,92,104)/p-7/t28-,29-,30-,31-,32-,33-,34-,35-,36-,37-,38-,39-,40-,41-,42-,43-,44-,45-,46-,47-,48-,136?,137?,138?,139?,140?,141?/m1/s1. The van der Waals surface area contributed by atoms with Crippen LogP contribution in [0.2, 0.25) is 0 Å². The summed E-state index contributed by atoms with van der Waals surface area (Å²) in [6.07, 6.45) is -19.4. The van der Waals surface area contributed by atoms with Crippen LogP contribution in [0.3, 0.4) is 0 Å². The third-order valence-corrected chi connectivity index (χ3v) is 34.5. The lowest BCUT2D eigenvalue weighted by atomic mass is 10.2. The second-order valence-electron chi connectivity index (χ2n) is 34.1. The number of hydrogen-bond acceptors (Lipinski definition) is 59. The molecule has 7 aliphatic heterocycles. The first-order valence-corrected chi connectivity index (χ1v) is 61.7. The van der Waals surface area contributed by atoms with Crippen LogP contribution in [-0.2, 0) is 180 Å². The first kappa shape index (κ1) is 108. The van der Waals surface area contributed by atoms with Gasteiger partial charge in [-0.15, -0.1) is 0 Å². The Morgan fingerprint density at radius 2 is 0.655 bits per heavy atom. The van der Waals surface area contributed by atoms with E-state index in [1.165, 1.54) is 74.4 Å². The molecule has 78 heteroatoms. The third kappa shape index (κ3) is 24.0. The second kappa shape index (κ2) is 42.6. The molecule has 800 valence electrons. The highest BCUT2D eigenvalue weighted by atomic mass is 32.7. The number of rotatable bonds is 39. The molecule has 64 nitrogen and oxygen atoms in total. The molecule has 7 saturated heterocycles. The van der Waals surface area contributed by atoms with Crippen molar-refractivity contribution >= 4 is 221 Å². The van der Waals surface area contributed by atoms with Gasteiger partial charge in [0.05, 0.1) is 120 Å². The normalized spacial score (nSPS) is 29.3. The number of hydrogen-bond donors (Lipinski definition) is 11. The van der Waals surface area contributed by atoms with Gasteiger partial charge in [-0.1, -0.05) is 70.8 Å². The molecule has 0 bridgehead atoms. The zero-order valence-electron chi connectivity index (χ0n) is 75.8. The van der Waals surface area contributed by atoms with Crippen molar-refractivity contribution in [3.8, 4) is 0 Å². The molecular weight excluding hydrogens is 2250 g/mol. The molecule has 0 saturated carbocycles. The van der Waals surface area contributed by atoms with E-state index in [2.05, 4.69) is 96.5 Å². The number of nitrogens with one attached hydrogen (secondary N) is 4. The molecule has 19 heterocycles. The molecule has 7 unspecified atom stereocenters. The lowest BCUT2D eigenvalue weighted by molar-refractivity contribution is -0.221. The van der Waals surface area contributed by atoms with E-state index in [0.717, 1.165) is 28.1 Å². The number of ether oxygens (including phenoxy) is 7. The summed E-state index contributed by atoms with van der Waals surface area (Å²) in [6, 6.07) is 0. The number of fused-ring (bicyclic) bond motifs is 5. The van der Waals surface area contributed by atoms with Gasteiger partial charge in [0.25, 0.3) is 22.2 Å². The second-order valence-corrected chi connectivity index (χ2v) is 52.9. The van der Waals surface area contributed by atoms with Crippen LogP contribution < -0.4 is 97.4 Å². The van der Waals surface area contributed by atoms with E-state index in [-0.39, 0.29) is 129 Å². The Kier molecular flexibility index (Phi) is 31.2. The third-order valence-electron chi connectivity index (χ3n) is 24.3. The number of aryl methyl sites for hydroxylation is 2. The fraction of sp³-hybridized carbons (Fsp3) is 0.529. The Hall–Kier alpha value is -8.09. The van der Waals surface area contributed by atoms with Crippen LogP contribution in [0.1, 0.15) is 107 Å². The quantitative estimate of drug-likeness (QED) is 0.0129. The van der Waals surface area contributed by atoms with Crippen LogP contribution in [0, 0.1) is 13.8 Å². The fourth-order valence-corrected chi connectivity index (χ4v) is 27.1. The summed E-state index contributed by atoms with van der Waals surface area (Å²) in [5.41, 5.74) is 31.8. The summed E-state index contributed by atoms with van der Waals surface area (Å²) in [7, 11) is 0. The number of aromatic nitrogens is 24. The van der Waals surface area contributed by atoms with E-state index in [4.69, 9.17) is 198 Å². The maximum Gasteiger partial charge on any atom is 0.351 e. The molecular formula is C70H82N30O34P7S7-7. The molecule has 12 aromatic heterocycles. The van der Waals surface area contributed by atoms with Crippen molar-refractivity contribution in [3.05, 3.63) is 130 Å². The van der Waals surface area contributed by atoms with Crippen LogP contribution in [-0.4, -0.2) is 247 Å². The number of imidazole rings is 5. The molecule has 19 rings (SSSR count). The minimum Gasteiger partial charge on any atom is -0.780 e. The summed E-state index contributed by atoms with van der Waals surface area (Å²) < 4.78 is 145. The molecule has 12 aromatic rings. The van der Waals surface area contributed by atoms with E-state index in [1.807, 2.05) is 0 Å². The fourth-order valence-electron chi connectivity index (χ4n) is 17.4. The minimum absolute atomic E-state index is 0.0307. The first-order chi connectivity index (χ1) is 69.9. The Labute approximate surface area is 862 Å². The van der Waals surface area contributed by atoms with Crippen molar-refractivity contribution in [2.24, 2.45) is 0 Å². The van der Waals surface area contributed by atoms with E-state index in [0.29, 0.717) is 5.56 Å². The monoisotopic (exact) mass is 2330 g/mol. The Morgan fingerprint density at radius 1 is 0.365 bits per heavy atom. The SMILES string of the molecule is Cc1cn([C@H]2C[C@@H](OP([O-])(=S)OC[C@H]3O[C@@H](n4cnc5c(=O)[nH]c(N)nc54)C[C@H]3OP([O-])(O)=S)[C@@H](COP([O-])(=S)O[C@@H]3C[C@H](n4cnc5c(=O)[nH]c(N)nc54)O[C@@H]3COP([O-])(=S)O[C@@H]3C[C@H](n4cnc5c(N)ncnc54)O[C@@H]3COP([O-])(=S)O[C@@H]3C[C@H](n4cnc5c(N)ncnc54)O[C@@H]3COP(=O)([S-])O[C@@H]3C[C@H](n4cnc5c(=O)[nH]c(N)nc54)O[C@@H]3COP([O-])(=S)O[C@@H]3C[C@H](n4cc(C)c(=O)[nH]c4=O)O[C@@H]3C)O2)c(=O)nc1N. The van der Waals surface area contributed by atoms with Crippen LogP contribution in [0.5, 0.6) is 0 Å². The maximum absolute atomic E-state index is 15.1. The first-order valence-electron chi connectivity index (χ1n) is 43.7. The van der Waals surface area contributed by atoms with Gasteiger partial charge in [0.1, 0.15) is 150 Å². The van der Waals surface area contributed by atoms with Crippen molar-refractivity contribution in [1.29, 1.82) is 0 Å². The summed E-state index contributed by atoms with van der Waals surface area (Å²) in [5.74, 6) is -1.15.